The molecule has 2 aliphatic heterocycles. The summed E-state index contributed by atoms with van der Waals surface area (Å²) < 4.78 is 24.9. The number of halogens is 1. The number of carbonyl (C=O) groups is 4. The molecule has 0 spiro atoms. The topological polar surface area (TPSA) is 93.2 Å². The summed E-state index contributed by atoms with van der Waals surface area (Å²) in [5, 5.41) is 0. The Morgan fingerprint density at radius 2 is 2.00 bits per heavy atom. The second-order valence-electron chi connectivity index (χ2n) is 8.19. The third-order valence-corrected chi connectivity index (χ3v) is 6.16. The average Bonchev–Trinajstić information content (AvgIpc) is 3.02. The molecule has 8 nitrogen and oxygen atoms in total. The van der Waals surface area contributed by atoms with Crippen molar-refractivity contribution in [2.45, 2.75) is 38.0 Å². The molecule has 0 bridgehead atoms. The number of imide groups is 1. The van der Waals surface area contributed by atoms with E-state index in [-0.39, 0.29) is 50.7 Å². The third kappa shape index (κ3) is 4.67. The normalized spacial score (nSPS) is 23.5. The summed E-state index contributed by atoms with van der Waals surface area (Å²) in [4.78, 5) is 54.1. The van der Waals surface area contributed by atoms with Crippen molar-refractivity contribution in [3.05, 3.63) is 35.6 Å². The first-order valence-electron chi connectivity index (χ1n) is 10.9. The van der Waals surface area contributed by atoms with Gasteiger partial charge in [0.25, 0.3) is 0 Å². The Morgan fingerprint density at radius 1 is 1.25 bits per heavy atom. The molecule has 2 aliphatic rings. The molecule has 0 saturated carbocycles. The molecule has 1 aromatic rings. The van der Waals surface area contributed by atoms with Gasteiger partial charge in [-0.15, -0.1) is 0 Å². The molecular weight excluding hydrogens is 419 g/mol. The van der Waals surface area contributed by atoms with Crippen LogP contribution in [0.25, 0.3) is 0 Å². The minimum atomic E-state index is -1.62. The second kappa shape index (κ2) is 10.2. The van der Waals surface area contributed by atoms with Crippen LogP contribution < -0.4 is 0 Å². The lowest BCUT2D eigenvalue weighted by molar-refractivity contribution is -0.152. The molecule has 32 heavy (non-hydrogen) atoms. The van der Waals surface area contributed by atoms with Gasteiger partial charge in [0.1, 0.15) is 5.82 Å². The van der Waals surface area contributed by atoms with E-state index in [2.05, 4.69) is 0 Å². The minimum absolute atomic E-state index is 0.0329. The number of piperidine rings is 1. The quantitative estimate of drug-likeness (QED) is 0.444. The van der Waals surface area contributed by atoms with E-state index in [0.717, 1.165) is 4.90 Å². The summed E-state index contributed by atoms with van der Waals surface area (Å²) in [5.74, 6) is -2.89. The van der Waals surface area contributed by atoms with Crippen LogP contribution in [0, 0.1) is 11.7 Å². The highest BCUT2D eigenvalue weighted by atomic mass is 19.1. The maximum atomic E-state index is 14.8. The van der Waals surface area contributed by atoms with Crippen LogP contribution in [-0.2, 0) is 34.1 Å². The molecule has 3 rings (SSSR count). The van der Waals surface area contributed by atoms with Crippen molar-refractivity contribution < 1.29 is 33.0 Å². The molecule has 1 aromatic carbocycles. The van der Waals surface area contributed by atoms with Gasteiger partial charge in [0.2, 0.25) is 17.7 Å². The second-order valence-corrected chi connectivity index (χ2v) is 8.19. The summed E-state index contributed by atoms with van der Waals surface area (Å²) >= 11 is 0. The predicted molar refractivity (Wildman–Crippen MR) is 112 cm³/mol. The van der Waals surface area contributed by atoms with Crippen molar-refractivity contribution in [1.29, 1.82) is 0 Å². The Balaban J connectivity index is 1.88. The molecule has 2 heterocycles. The van der Waals surface area contributed by atoms with E-state index in [4.69, 9.17) is 9.47 Å². The van der Waals surface area contributed by atoms with Crippen molar-refractivity contribution >= 4 is 23.7 Å². The summed E-state index contributed by atoms with van der Waals surface area (Å²) in [6.45, 7) is 2.77. The maximum absolute atomic E-state index is 14.8. The van der Waals surface area contributed by atoms with E-state index in [9.17, 15) is 23.6 Å². The number of rotatable bonds is 8. The highest BCUT2D eigenvalue weighted by Crippen LogP contribution is 2.41. The lowest BCUT2D eigenvalue weighted by Gasteiger charge is -2.34. The van der Waals surface area contributed by atoms with Crippen LogP contribution in [0.15, 0.2) is 24.3 Å². The number of likely N-dealkylation sites (tertiary alicyclic amines) is 2. The van der Waals surface area contributed by atoms with Crippen LogP contribution in [0.5, 0.6) is 0 Å². The number of amides is 3. The fourth-order valence-electron chi connectivity index (χ4n) is 4.53. The Hall–Kier alpha value is -2.81. The summed E-state index contributed by atoms with van der Waals surface area (Å²) in [5.41, 5.74) is -1.59. The van der Waals surface area contributed by atoms with Gasteiger partial charge in [-0.25, -0.2) is 4.39 Å². The zero-order valence-electron chi connectivity index (χ0n) is 18.5. The first-order chi connectivity index (χ1) is 15.3. The number of methoxy groups -OCH3 is 1. The van der Waals surface area contributed by atoms with Crippen LogP contribution in [0.4, 0.5) is 4.39 Å². The van der Waals surface area contributed by atoms with Gasteiger partial charge in [-0.1, -0.05) is 18.2 Å². The van der Waals surface area contributed by atoms with Gasteiger partial charge in [-0.2, -0.15) is 0 Å². The Morgan fingerprint density at radius 3 is 2.69 bits per heavy atom. The number of hydrogen-bond acceptors (Lipinski definition) is 6. The van der Waals surface area contributed by atoms with Gasteiger partial charge in [-0.3, -0.25) is 24.1 Å². The molecule has 3 amide bonds. The van der Waals surface area contributed by atoms with E-state index in [1.807, 2.05) is 0 Å². The van der Waals surface area contributed by atoms with Gasteiger partial charge < -0.3 is 14.4 Å². The number of ether oxygens (including phenoxy) is 2. The molecule has 2 saturated heterocycles. The molecule has 2 unspecified atom stereocenters. The van der Waals surface area contributed by atoms with Gasteiger partial charge in [-0.05, 0) is 25.8 Å². The van der Waals surface area contributed by atoms with Crippen molar-refractivity contribution in [3.8, 4) is 0 Å². The van der Waals surface area contributed by atoms with Crippen molar-refractivity contribution in [2.24, 2.45) is 5.92 Å². The molecule has 174 valence electrons. The molecule has 9 heteroatoms. The summed E-state index contributed by atoms with van der Waals surface area (Å²) in [6.07, 6.45) is 0.590. The van der Waals surface area contributed by atoms with E-state index < -0.39 is 34.9 Å². The summed E-state index contributed by atoms with van der Waals surface area (Å²) in [7, 11) is 1.45. The molecule has 0 radical (unpaired) electrons. The van der Waals surface area contributed by atoms with E-state index in [1.165, 1.54) is 30.2 Å². The molecule has 0 aromatic heterocycles. The van der Waals surface area contributed by atoms with Crippen LogP contribution >= 0.6 is 0 Å². The van der Waals surface area contributed by atoms with Crippen molar-refractivity contribution in [3.63, 3.8) is 0 Å². The predicted octanol–water partition coefficient (Wildman–Crippen LogP) is 1.66. The number of carbonyl (C=O) groups excluding carboxylic acids is 4. The average molecular weight is 448 g/mol. The molecule has 0 N–H and O–H groups in total. The van der Waals surface area contributed by atoms with Crippen LogP contribution in [0.1, 0.15) is 38.2 Å². The fourth-order valence-corrected chi connectivity index (χ4v) is 4.53. The van der Waals surface area contributed by atoms with Gasteiger partial charge >= 0.3 is 5.97 Å². The number of benzene rings is 1. The largest absolute Gasteiger partial charge is 0.466 e. The Bertz CT molecular complexity index is 891. The van der Waals surface area contributed by atoms with E-state index >= 15 is 0 Å². The number of esters is 1. The van der Waals surface area contributed by atoms with E-state index in [1.54, 1.807) is 13.0 Å². The zero-order valence-corrected chi connectivity index (χ0v) is 18.5. The van der Waals surface area contributed by atoms with Crippen molar-refractivity contribution in [2.75, 3.05) is 40.0 Å². The van der Waals surface area contributed by atoms with Gasteiger partial charge in [0, 0.05) is 38.6 Å². The maximum Gasteiger partial charge on any atom is 0.310 e. The van der Waals surface area contributed by atoms with Crippen molar-refractivity contribution in [1.82, 2.24) is 9.80 Å². The third-order valence-electron chi connectivity index (χ3n) is 6.16. The first-order valence-corrected chi connectivity index (χ1v) is 10.9. The Kier molecular flexibility index (Phi) is 7.60. The van der Waals surface area contributed by atoms with E-state index in [0.29, 0.717) is 19.4 Å². The Labute approximate surface area is 186 Å². The highest BCUT2D eigenvalue weighted by Gasteiger charge is 2.55. The van der Waals surface area contributed by atoms with Gasteiger partial charge in [0.05, 0.1) is 31.1 Å². The monoisotopic (exact) mass is 448 g/mol. The van der Waals surface area contributed by atoms with Crippen LogP contribution in [0.2, 0.25) is 0 Å². The minimum Gasteiger partial charge on any atom is -0.466 e. The van der Waals surface area contributed by atoms with Crippen LogP contribution in [0.3, 0.4) is 0 Å². The number of hydrogen-bond donors (Lipinski definition) is 0. The molecular formula is C23H29FN2O6. The lowest BCUT2D eigenvalue weighted by Crippen LogP contribution is -2.47. The number of nitrogens with zero attached hydrogens (tertiary/aromatic N) is 2. The molecule has 2 atom stereocenters. The standard InChI is InChI=1S/C23H29FN2O6/c1-3-32-21(29)16-7-6-10-25(15-16)19(27)13-23(17-8-4-5-9-18(17)24)14-20(28)26(22(23)30)11-12-31-2/h4-5,8-9,16H,3,6-7,10-15H2,1-2H3. The SMILES string of the molecule is CCOC(=O)C1CCCN(C(=O)CC2(c3ccccc3F)CC(=O)N(CCOC)C2=O)C1. The molecule has 2 fully saturated rings. The lowest BCUT2D eigenvalue weighted by atomic mass is 9.75. The summed E-state index contributed by atoms with van der Waals surface area (Å²) in [6, 6.07) is 5.74. The first kappa shape index (κ1) is 23.8. The van der Waals surface area contributed by atoms with Crippen LogP contribution in [-0.4, -0.2) is 73.4 Å². The zero-order chi connectivity index (χ0) is 23.3. The van der Waals surface area contributed by atoms with Gasteiger partial charge in [0.15, 0.2) is 0 Å². The molecule has 0 aliphatic carbocycles. The smallest absolute Gasteiger partial charge is 0.310 e. The highest BCUT2D eigenvalue weighted by molar-refractivity contribution is 6.10. The fraction of sp³-hybridized carbons (Fsp3) is 0.565.